The number of benzene rings is 1. The summed E-state index contributed by atoms with van der Waals surface area (Å²) in [7, 11) is 0. The summed E-state index contributed by atoms with van der Waals surface area (Å²) < 4.78 is 0. The summed E-state index contributed by atoms with van der Waals surface area (Å²) in [6, 6.07) is 8.44. The summed E-state index contributed by atoms with van der Waals surface area (Å²) in [6.07, 6.45) is 5.42. The zero-order chi connectivity index (χ0) is 12.0. The minimum atomic E-state index is 0.213. The van der Waals surface area contributed by atoms with Gasteiger partial charge < -0.3 is 5.32 Å². The molecule has 0 radical (unpaired) electrons. The van der Waals surface area contributed by atoms with E-state index in [1.807, 2.05) is 6.08 Å². The molecule has 0 aliphatic carbocycles. The molecule has 1 atom stereocenters. The molecule has 0 fully saturated rings. The summed E-state index contributed by atoms with van der Waals surface area (Å²) in [6.45, 7) is 10.5. The van der Waals surface area contributed by atoms with Crippen molar-refractivity contribution in [3.8, 4) is 0 Å². The standard InChI is InChI=1S/C15H23N/c1-5-12-15(4,7-3)16-14-10-8-13(6-2)9-11-14/h6,8-11,16H,2,5,7,12H2,1,3-4H3. The Hall–Kier alpha value is -1.24. The van der Waals surface area contributed by atoms with Crippen molar-refractivity contribution in [1.29, 1.82) is 0 Å². The zero-order valence-electron chi connectivity index (χ0n) is 10.7. The van der Waals surface area contributed by atoms with Crippen molar-refractivity contribution in [3.05, 3.63) is 36.4 Å². The van der Waals surface area contributed by atoms with Crippen LogP contribution < -0.4 is 5.32 Å². The smallest absolute Gasteiger partial charge is 0.0344 e. The van der Waals surface area contributed by atoms with Crippen molar-refractivity contribution in [2.24, 2.45) is 0 Å². The number of hydrogen-bond donors (Lipinski definition) is 1. The molecular formula is C15H23N. The minimum Gasteiger partial charge on any atom is -0.380 e. The number of anilines is 1. The highest BCUT2D eigenvalue weighted by atomic mass is 15.0. The van der Waals surface area contributed by atoms with E-state index in [4.69, 9.17) is 0 Å². The molecule has 1 rings (SSSR count). The Labute approximate surface area is 99.6 Å². The van der Waals surface area contributed by atoms with Crippen LogP contribution in [0.3, 0.4) is 0 Å². The summed E-state index contributed by atoms with van der Waals surface area (Å²) in [5.41, 5.74) is 2.58. The van der Waals surface area contributed by atoms with Gasteiger partial charge in [0.15, 0.2) is 0 Å². The summed E-state index contributed by atoms with van der Waals surface area (Å²) >= 11 is 0. The van der Waals surface area contributed by atoms with Crippen molar-refractivity contribution in [2.75, 3.05) is 5.32 Å². The second kappa shape index (κ2) is 5.74. The molecule has 88 valence electrons. The quantitative estimate of drug-likeness (QED) is 0.727. The molecule has 1 unspecified atom stereocenters. The van der Waals surface area contributed by atoms with E-state index in [2.05, 4.69) is 56.9 Å². The third-order valence-corrected chi connectivity index (χ3v) is 3.17. The molecule has 16 heavy (non-hydrogen) atoms. The fourth-order valence-corrected chi connectivity index (χ4v) is 1.93. The van der Waals surface area contributed by atoms with E-state index in [0.29, 0.717) is 0 Å². The van der Waals surface area contributed by atoms with Gasteiger partial charge in [0.25, 0.3) is 0 Å². The Bertz CT molecular complexity index is 326. The molecule has 0 aliphatic rings. The highest BCUT2D eigenvalue weighted by Crippen LogP contribution is 2.23. The average Bonchev–Trinajstić information content (AvgIpc) is 2.30. The molecule has 1 heteroatoms. The Balaban J connectivity index is 2.73. The first-order chi connectivity index (χ1) is 7.63. The van der Waals surface area contributed by atoms with Gasteiger partial charge in [0.2, 0.25) is 0 Å². The van der Waals surface area contributed by atoms with E-state index >= 15 is 0 Å². The summed E-state index contributed by atoms with van der Waals surface area (Å²) in [5, 5.41) is 3.62. The second-order valence-corrected chi connectivity index (χ2v) is 4.62. The second-order valence-electron chi connectivity index (χ2n) is 4.62. The van der Waals surface area contributed by atoms with Crippen LogP contribution in [-0.4, -0.2) is 5.54 Å². The van der Waals surface area contributed by atoms with Crippen LogP contribution in [0.5, 0.6) is 0 Å². The lowest BCUT2D eigenvalue weighted by atomic mass is 9.92. The lowest BCUT2D eigenvalue weighted by molar-refractivity contribution is 0.451. The van der Waals surface area contributed by atoms with Crippen molar-refractivity contribution < 1.29 is 0 Å². The van der Waals surface area contributed by atoms with Gasteiger partial charge in [-0.25, -0.2) is 0 Å². The molecule has 1 N–H and O–H groups in total. The van der Waals surface area contributed by atoms with E-state index in [9.17, 15) is 0 Å². The van der Waals surface area contributed by atoms with E-state index in [1.165, 1.54) is 24.1 Å². The van der Waals surface area contributed by atoms with E-state index in [-0.39, 0.29) is 5.54 Å². The third kappa shape index (κ3) is 3.41. The van der Waals surface area contributed by atoms with Crippen LogP contribution in [0.15, 0.2) is 30.8 Å². The monoisotopic (exact) mass is 217 g/mol. The van der Waals surface area contributed by atoms with Gasteiger partial charge in [0.1, 0.15) is 0 Å². The molecular weight excluding hydrogens is 194 g/mol. The largest absolute Gasteiger partial charge is 0.380 e. The van der Waals surface area contributed by atoms with Crippen molar-refractivity contribution >= 4 is 11.8 Å². The lowest BCUT2D eigenvalue weighted by Gasteiger charge is -2.30. The van der Waals surface area contributed by atoms with Crippen LogP contribution in [-0.2, 0) is 0 Å². The Morgan fingerprint density at radius 3 is 2.31 bits per heavy atom. The Kier molecular flexibility index (Phi) is 4.60. The first-order valence-electron chi connectivity index (χ1n) is 6.14. The maximum absolute atomic E-state index is 3.76. The van der Waals surface area contributed by atoms with Crippen LogP contribution in [0.4, 0.5) is 5.69 Å². The van der Waals surface area contributed by atoms with E-state index < -0.39 is 0 Å². The number of hydrogen-bond acceptors (Lipinski definition) is 1. The molecule has 1 nitrogen and oxygen atoms in total. The molecule has 1 aromatic carbocycles. The summed E-state index contributed by atoms with van der Waals surface area (Å²) in [4.78, 5) is 0. The Morgan fingerprint density at radius 1 is 1.25 bits per heavy atom. The molecule has 0 aromatic heterocycles. The fourth-order valence-electron chi connectivity index (χ4n) is 1.93. The van der Waals surface area contributed by atoms with Crippen LogP contribution in [0.1, 0.15) is 45.6 Å². The highest BCUT2D eigenvalue weighted by Gasteiger charge is 2.19. The molecule has 0 saturated carbocycles. The first-order valence-corrected chi connectivity index (χ1v) is 6.14. The predicted octanol–water partition coefficient (Wildman–Crippen LogP) is 4.71. The minimum absolute atomic E-state index is 0.213. The third-order valence-electron chi connectivity index (χ3n) is 3.17. The van der Waals surface area contributed by atoms with Crippen LogP contribution >= 0.6 is 0 Å². The van der Waals surface area contributed by atoms with Crippen molar-refractivity contribution in [1.82, 2.24) is 0 Å². The van der Waals surface area contributed by atoms with Gasteiger partial charge in [0.05, 0.1) is 0 Å². The van der Waals surface area contributed by atoms with Gasteiger partial charge in [-0.1, -0.05) is 45.1 Å². The Morgan fingerprint density at radius 2 is 1.88 bits per heavy atom. The summed E-state index contributed by atoms with van der Waals surface area (Å²) in [5.74, 6) is 0. The SMILES string of the molecule is C=Cc1ccc(NC(C)(CC)CCC)cc1. The molecule has 0 aliphatic heterocycles. The molecule has 0 saturated heterocycles. The normalized spacial score (nSPS) is 14.2. The van der Waals surface area contributed by atoms with Gasteiger partial charge in [-0.15, -0.1) is 0 Å². The highest BCUT2D eigenvalue weighted by molar-refractivity contribution is 5.54. The molecule has 0 amide bonds. The van der Waals surface area contributed by atoms with Crippen LogP contribution in [0.2, 0.25) is 0 Å². The van der Waals surface area contributed by atoms with Crippen LogP contribution in [0.25, 0.3) is 6.08 Å². The first kappa shape index (κ1) is 12.8. The zero-order valence-corrected chi connectivity index (χ0v) is 10.7. The van der Waals surface area contributed by atoms with E-state index in [1.54, 1.807) is 0 Å². The van der Waals surface area contributed by atoms with Crippen LogP contribution in [0, 0.1) is 0 Å². The number of rotatable bonds is 6. The van der Waals surface area contributed by atoms with E-state index in [0.717, 1.165) is 6.42 Å². The van der Waals surface area contributed by atoms with Gasteiger partial charge in [-0.3, -0.25) is 0 Å². The number of nitrogens with one attached hydrogen (secondary N) is 1. The molecule has 0 heterocycles. The van der Waals surface area contributed by atoms with Crippen molar-refractivity contribution in [3.63, 3.8) is 0 Å². The maximum atomic E-state index is 3.76. The predicted molar refractivity (Wildman–Crippen MR) is 73.8 cm³/mol. The molecule has 1 aromatic rings. The van der Waals surface area contributed by atoms with Gasteiger partial charge >= 0.3 is 0 Å². The average molecular weight is 217 g/mol. The van der Waals surface area contributed by atoms with Gasteiger partial charge in [-0.2, -0.15) is 0 Å². The molecule has 0 bridgehead atoms. The fraction of sp³-hybridized carbons (Fsp3) is 0.467. The topological polar surface area (TPSA) is 12.0 Å². The molecule has 0 spiro atoms. The van der Waals surface area contributed by atoms with Gasteiger partial charge in [0, 0.05) is 11.2 Å². The lowest BCUT2D eigenvalue weighted by Crippen LogP contribution is -2.33. The van der Waals surface area contributed by atoms with Gasteiger partial charge in [-0.05, 0) is 37.5 Å². The van der Waals surface area contributed by atoms with Crippen molar-refractivity contribution in [2.45, 2.75) is 45.6 Å². The maximum Gasteiger partial charge on any atom is 0.0344 e.